The summed E-state index contributed by atoms with van der Waals surface area (Å²) in [5, 5.41) is 10.8. The topological polar surface area (TPSA) is 75.9 Å². The molecular formula is C21H32N6O2. The summed E-state index contributed by atoms with van der Waals surface area (Å²) < 4.78 is 13.3. The van der Waals surface area contributed by atoms with E-state index in [1.165, 1.54) is 0 Å². The van der Waals surface area contributed by atoms with Crippen molar-refractivity contribution in [2.75, 3.05) is 46.0 Å². The lowest BCUT2D eigenvalue weighted by Crippen LogP contribution is -2.38. The van der Waals surface area contributed by atoms with Crippen LogP contribution in [0.4, 0.5) is 0 Å². The first-order valence-corrected chi connectivity index (χ1v) is 10.3. The zero-order chi connectivity index (χ0) is 20.3. The molecule has 1 saturated heterocycles. The molecule has 0 bridgehead atoms. The number of morpholine rings is 1. The third-order valence-electron chi connectivity index (χ3n) is 4.85. The summed E-state index contributed by atoms with van der Waals surface area (Å²) in [6.45, 7) is 9.23. The highest BCUT2D eigenvalue weighted by atomic mass is 16.5. The second kappa shape index (κ2) is 11.4. The van der Waals surface area contributed by atoms with Crippen molar-refractivity contribution in [3.8, 4) is 5.75 Å². The van der Waals surface area contributed by atoms with Gasteiger partial charge in [0.2, 0.25) is 0 Å². The van der Waals surface area contributed by atoms with E-state index in [9.17, 15) is 0 Å². The molecular weight excluding hydrogens is 368 g/mol. The Morgan fingerprint density at radius 3 is 2.79 bits per heavy atom. The number of aliphatic imine (C=N–C) groups is 1. The second-order valence-corrected chi connectivity index (χ2v) is 6.91. The average molecular weight is 401 g/mol. The smallest absolute Gasteiger partial charge is 0.191 e. The van der Waals surface area contributed by atoms with Crippen molar-refractivity contribution in [2.45, 2.75) is 20.0 Å². The SMILES string of the molecule is CCNC(=NCc1ccccc1OCCN1CCOCC1)NCc1ccnn1C. The highest BCUT2D eigenvalue weighted by Gasteiger charge is 2.10. The molecule has 0 aliphatic carbocycles. The van der Waals surface area contributed by atoms with Gasteiger partial charge in [-0.05, 0) is 19.1 Å². The van der Waals surface area contributed by atoms with Gasteiger partial charge in [-0.3, -0.25) is 9.58 Å². The van der Waals surface area contributed by atoms with Crippen molar-refractivity contribution in [2.24, 2.45) is 12.0 Å². The highest BCUT2D eigenvalue weighted by Crippen LogP contribution is 2.19. The Morgan fingerprint density at radius 1 is 1.21 bits per heavy atom. The number of benzene rings is 1. The fourth-order valence-electron chi connectivity index (χ4n) is 3.14. The minimum absolute atomic E-state index is 0.550. The lowest BCUT2D eigenvalue weighted by Gasteiger charge is -2.26. The van der Waals surface area contributed by atoms with E-state index >= 15 is 0 Å². The maximum absolute atomic E-state index is 6.06. The second-order valence-electron chi connectivity index (χ2n) is 6.91. The normalized spacial score (nSPS) is 15.3. The van der Waals surface area contributed by atoms with Crippen LogP contribution in [0.1, 0.15) is 18.2 Å². The summed E-state index contributed by atoms with van der Waals surface area (Å²) >= 11 is 0. The largest absolute Gasteiger partial charge is 0.492 e. The predicted octanol–water partition coefficient (Wildman–Crippen LogP) is 1.39. The van der Waals surface area contributed by atoms with Gasteiger partial charge in [0.05, 0.1) is 32.0 Å². The quantitative estimate of drug-likeness (QED) is 0.489. The Hall–Kier alpha value is -2.58. The van der Waals surface area contributed by atoms with Gasteiger partial charge in [-0.1, -0.05) is 18.2 Å². The number of ether oxygens (including phenoxy) is 2. The molecule has 0 atom stereocenters. The first kappa shape index (κ1) is 21.1. The summed E-state index contributed by atoms with van der Waals surface area (Å²) in [5.41, 5.74) is 2.18. The van der Waals surface area contributed by atoms with Crippen LogP contribution in [0.5, 0.6) is 5.75 Å². The molecule has 0 saturated carbocycles. The first-order chi connectivity index (χ1) is 14.3. The van der Waals surface area contributed by atoms with Gasteiger partial charge in [-0.15, -0.1) is 0 Å². The van der Waals surface area contributed by atoms with Crippen LogP contribution in [0.25, 0.3) is 0 Å². The molecule has 1 aliphatic rings. The minimum Gasteiger partial charge on any atom is -0.492 e. The van der Waals surface area contributed by atoms with Gasteiger partial charge in [0.25, 0.3) is 0 Å². The molecule has 0 spiro atoms. The van der Waals surface area contributed by atoms with Crippen molar-refractivity contribution < 1.29 is 9.47 Å². The lowest BCUT2D eigenvalue weighted by molar-refractivity contribution is 0.0322. The van der Waals surface area contributed by atoms with Gasteiger partial charge >= 0.3 is 0 Å². The molecule has 1 aliphatic heterocycles. The molecule has 29 heavy (non-hydrogen) atoms. The zero-order valence-electron chi connectivity index (χ0n) is 17.4. The Bertz CT molecular complexity index is 770. The molecule has 158 valence electrons. The van der Waals surface area contributed by atoms with Crippen molar-refractivity contribution >= 4 is 5.96 Å². The zero-order valence-corrected chi connectivity index (χ0v) is 17.4. The van der Waals surface area contributed by atoms with Gasteiger partial charge in [0.1, 0.15) is 12.4 Å². The number of hydrogen-bond donors (Lipinski definition) is 2. The molecule has 8 heteroatoms. The Labute approximate surface area is 172 Å². The van der Waals surface area contributed by atoms with E-state index in [0.717, 1.165) is 62.4 Å². The number of rotatable bonds is 9. The molecule has 2 aromatic rings. The standard InChI is InChI=1S/C21H32N6O2/c1-3-22-21(24-17-19-8-9-25-26(19)2)23-16-18-6-4-5-7-20(18)29-15-12-27-10-13-28-14-11-27/h4-9H,3,10-17H2,1-2H3,(H2,22,23,24). The van der Waals surface area contributed by atoms with Crippen molar-refractivity contribution in [1.82, 2.24) is 25.3 Å². The number of aryl methyl sites for hydroxylation is 1. The lowest BCUT2D eigenvalue weighted by atomic mass is 10.2. The van der Waals surface area contributed by atoms with Crippen molar-refractivity contribution in [1.29, 1.82) is 0 Å². The van der Waals surface area contributed by atoms with Gasteiger partial charge < -0.3 is 20.1 Å². The molecule has 1 fully saturated rings. The van der Waals surface area contributed by atoms with Crippen LogP contribution in [0.15, 0.2) is 41.5 Å². The monoisotopic (exact) mass is 400 g/mol. The van der Waals surface area contributed by atoms with E-state index < -0.39 is 0 Å². The minimum atomic E-state index is 0.550. The van der Waals surface area contributed by atoms with Gasteiger partial charge in [-0.2, -0.15) is 5.10 Å². The van der Waals surface area contributed by atoms with Crippen LogP contribution < -0.4 is 15.4 Å². The summed E-state index contributed by atoms with van der Waals surface area (Å²) in [4.78, 5) is 7.10. The molecule has 8 nitrogen and oxygen atoms in total. The van der Waals surface area contributed by atoms with Crippen LogP contribution in [-0.4, -0.2) is 66.6 Å². The van der Waals surface area contributed by atoms with Gasteiger partial charge in [0.15, 0.2) is 5.96 Å². The van der Waals surface area contributed by atoms with E-state index in [0.29, 0.717) is 19.7 Å². The molecule has 1 aromatic heterocycles. The molecule has 2 heterocycles. The van der Waals surface area contributed by atoms with Crippen LogP contribution in [0.2, 0.25) is 0 Å². The van der Waals surface area contributed by atoms with E-state index in [1.807, 2.05) is 36.0 Å². The number of hydrogen-bond acceptors (Lipinski definition) is 5. The Kier molecular flexibility index (Phi) is 8.33. The highest BCUT2D eigenvalue weighted by molar-refractivity contribution is 5.79. The van der Waals surface area contributed by atoms with E-state index in [-0.39, 0.29) is 0 Å². The summed E-state index contributed by atoms with van der Waals surface area (Å²) in [7, 11) is 1.94. The Morgan fingerprint density at radius 2 is 2.03 bits per heavy atom. The number of para-hydroxylation sites is 1. The predicted molar refractivity (Wildman–Crippen MR) is 114 cm³/mol. The first-order valence-electron chi connectivity index (χ1n) is 10.3. The van der Waals surface area contributed by atoms with Crippen LogP contribution in [0, 0.1) is 0 Å². The third-order valence-corrected chi connectivity index (χ3v) is 4.85. The third kappa shape index (κ3) is 6.76. The van der Waals surface area contributed by atoms with Gasteiger partial charge in [0, 0.05) is 45.0 Å². The maximum Gasteiger partial charge on any atom is 0.191 e. The molecule has 0 amide bonds. The molecule has 1 aromatic carbocycles. The fourth-order valence-corrected chi connectivity index (χ4v) is 3.14. The number of guanidine groups is 1. The summed E-state index contributed by atoms with van der Waals surface area (Å²) in [6.07, 6.45) is 1.80. The van der Waals surface area contributed by atoms with Gasteiger partial charge in [-0.25, -0.2) is 4.99 Å². The number of nitrogens with zero attached hydrogens (tertiary/aromatic N) is 4. The maximum atomic E-state index is 6.06. The summed E-state index contributed by atoms with van der Waals surface area (Å²) in [6, 6.07) is 10.1. The Balaban J connectivity index is 1.54. The molecule has 0 unspecified atom stereocenters. The average Bonchev–Trinajstić information content (AvgIpc) is 3.16. The van der Waals surface area contributed by atoms with E-state index in [4.69, 9.17) is 14.5 Å². The molecule has 0 radical (unpaired) electrons. The van der Waals surface area contributed by atoms with E-state index in [2.05, 4.69) is 33.6 Å². The summed E-state index contributed by atoms with van der Waals surface area (Å²) in [5.74, 6) is 1.67. The van der Waals surface area contributed by atoms with Crippen LogP contribution in [0.3, 0.4) is 0 Å². The molecule has 3 rings (SSSR count). The molecule has 2 N–H and O–H groups in total. The van der Waals surface area contributed by atoms with Crippen LogP contribution >= 0.6 is 0 Å². The number of nitrogens with one attached hydrogen (secondary N) is 2. The van der Waals surface area contributed by atoms with Crippen molar-refractivity contribution in [3.05, 3.63) is 47.8 Å². The van der Waals surface area contributed by atoms with Crippen molar-refractivity contribution in [3.63, 3.8) is 0 Å². The number of aromatic nitrogens is 2. The fraction of sp³-hybridized carbons (Fsp3) is 0.524. The van der Waals surface area contributed by atoms with Crippen LogP contribution in [-0.2, 0) is 24.9 Å². The van der Waals surface area contributed by atoms with E-state index in [1.54, 1.807) is 6.20 Å².